The van der Waals surface area contributed by atoms with Crippen molar-refractivity contribution in [2.75, 3.05) is 6.54 Å². The molecular weight excluding hydrogens is 182 g/mol. The fourth-order valence-electron chi connectivity index (χ4n) is 1.32. The second-order valence-electron chi connectivity index (χ2n) is 4.57. The lowest BCUT2D eigenvalue weighted by molar-refractivity contribution is -0.160. The highest BCUT2D eigenvalue weighted by Gasteiger charge is 2.28. The molecule has 0 aromatic heterocycles. The van der Waals surface area contributed by atoms with Crippen molar-refractivity contribution >= 4 is 11.9 Å². The largest absolute Gasteiger partial charge is 0.460 e. The van der Waals surface area contributed by atoms with Crippen LogP contribution in [0, 0.1) is 5.92 Å². The van der Waals surface area contributed by atoms with Crippen LogP contribution in [0.1, 0.15) is 33.6 Å². The van der Waals surface area contributed by atoms with Crippen LogP contribution in [0.25, 0.3) is 0 Å². The van der Waals surface area contributed by atoms with E-state index in [2.05, 4.69) is 5.32 Å². The number of rotatable bonds is 1. The van der Waals surface area contributed by atoms with E-state index < -0.39 is 5.60 Å². The summed E-state index contributed by atoms with van der Waals surface area (Å²) in [6, 6.07) is 0. The molecule has 1 fully saturated rings. The van der Waals surface area contributed by atoms with E-state index in [0.29, 0.717) is 19.4 Å². The summed E-state index contributed by atoms with van der Waals surface area (Å²) in [7, 11) is 0. The Morgan fingerprint density at radius 2 is 2.14 bits per heavy atom. The molecule has 14 heavy (non-hydrogen) atoms. The van der Waals surface area contributed by atoms with Gasteiger partial charge in [0.1, 0.15) is 5.60 Å². The number of nitrogens with one attached hydrogen (secondary N) is 1. The van der Waals surface area contributed by atoms with E-state index in [1.165, 1.54) is 0 Å². The Morgan fingerprint density at radius 3 is 2.57 bits per heavy atom. The Kier molecular flexibility index (Phi) is 3.13. The van der Waals surface area contributed by atoms with Crippen molar-refractivity contribution < 1.29 is 14.3 Å². The third-order valence-corrected chi connectivity index (χ3v) is 2.01. The normalized spacial score (nSPS) is 22.8. The molecule has 0 aliphatic carbocycles. The van der Waals surface area contributed by atoms with Gasteiger partial charge in [-0.05, 0) is 27.2 Å². The third-order valence-electron chi connectivity index (χ3n) is 2.01. The Bertz CT molecular complexity index is 232. The molecule has 80 valence electrons. The van der Waals surface area contributed by atoms with Crippen molar-refractivity contribution in [3.05, 3.63) is 0 Å². The van der Waals surface area contributed by atoms with E-state index in [9.17, 15) is 9.59 Å². The van der Waals surface area contributed by atoms with Crippen LogP contribution in [-0.2, 0) is 14.3 Å². The molecule has 1 atom stereocenters. The van der Waals surface area contributed by atoms with Crippen molar-refractivity contribution in [3.63, 3.8) is 0 Å². The number of carbonyl (C=O) groups excluding carboxylic acids is 2. The van der Waals surface area contributed by atoms with E-state index in [0.717, 1.165) is 0 Å². The van der Waals surface area contributed by atoms with Crippen LogP contribution in [0.5, 0.6) is 0 Å². The number of esters is 1. The van der Waals surface area contributed by atoms with Crippen LogP contribution in [-0.4, -0.2) is 24.0 Å². The zero-order valence-corrected chi connectivity index (χ0v) is 8.92. The zero-order chi connectivity index (χ0) is 10.8. The minimum Gasteiger partial charge on any atom is -0.460 e. The molecule has 4 heteroatoms. The smallest absolute Gasteiger partial charge is 0.311 e. The van der Waals surface area contributed by atoms with Gasteiger partial charge in [0.2, 0.25) is 5.91 Å². The molecule has 0 saturated carbocycles. The van der Waals surface area contributed by atoms with Gasteiger partial charge in [-0.1, -0.05) is 0 Å². The molecule has 1 N–H and O–H groups in total. The van der Waals surface area contributed by atoms with Crippen LogP contribution >= 0.6 is 0 Å². The lowest BCUT2D eigenvalue weighted by atomic mass is 9.99. The van der Waals surface area contributed by atoms with E-state index in [1.807, 2.05) is 20.8 Å². The van der Waals surface area contributed by atoms with Gasteiger partial charge in [-0.2, -0.15) is 0 Å². The summed E-state index contributed by atoms with van der Waals surface area (Å²) in [6.45, 7) is 5.93. The van der Waals surface area contributed by atoms with Crippen LogP contribution in [0.4, 0.5) is 0 Å². The Hall–Kier alpha value is -1.06. The molecule has 1 saturated heterocycles. The molecule has 1 amide bonds. The van der Waals surface area contributed by atoms with E-state index in [1.54, 1.807) is 0 Å². The van der Waals surface area contributed by atoms with Gasteiger partial charge in [0.05, 0.1) is 5.92 Å². The topological polar surface area (TPSA) is 55.4 Å². The number of hydrogen-bond acceptors (Lipinski definition) is 3. The average Bonchev–Trinajstić information content (AvgIpc) is 2.02. The monoisotopic (exact) mass is 199 g/mol. The van der Waals surface area contributed by atoms with Gasteiger partial charge in [-0.3, -0.25) is 9.59 Å². The highest BCUT2D eigenvalue weighted by molar-refractivity contribution is 5.81. The zero-order valence-electron chi connectivity index (χ0n) is 8.92. The summed E-state index contributed by atoms with van der Waals surface area (Å²) in [5, 5.41) is 2.66. The minimum atomic E-state index is -0.446. The number of carbonyl (C=O) groups is 2. The Morgan fingerprint density at radius 1 is 1.50 bits per heavy atom. The first-order valence-electron chi connectivity index (χ1n) is 4.88. The summed E-state index contributed by atoms with van der Waals surface area (Å²) in [5.41, 5.74) is -0.446. The number of hydrogen-bond donors (Lipinski definition) is 1. The van der Waals surface area contributed by atoms with Crippen LogP contribution in [0.3, 0.4) is 0 Å². The standard InChI is InChI=1S/C10H17NO3/c1-10(2,3)14-9(13)7-4-5-8(12)11-6-7/h7H,4-6H2,1-3H3,(H,11,12)/t7-/m0/s1. The fraction of sp³-hybridized carbons (Fsp3) is 0.800. The van der Waals surface area contributed by atoms with Gasteiger partial charge in [0.25, 0.3) is 0 Å². The predicted octanol–water partition coefficient (Wildman–Crippen LogP) is 0.854. The van der Waals surface area contributed by atoms with Crippen molar-refractivity contribution in [3.8, 4) is 0 Å². The fourth-order valence-corrected chi connectivity index (χ4v) is 1.32. The van der Waals surface area contributed by atoms with E-state index >= 15 is 0 Å². The summed E-state index contributed by atoms with van der Waals surface area (Å²) in [6.07, 6.45) is 1.02. The molecule has 1 aliphatic heterocycles. The lowest BCUT2D eigenvalue weighted by Gasteiger charge is -2.26. The molecule has 4 nitrogen and oxygen atoms in total. The maximum atomic E-state index is 11.5. The molecule has 1 heterocycles. The first-order chi connectivity index (χ1) is 6.38. The maximum Gasteiger partial charge on any atom is 0.311 e. The molecule has 0 radical (unpaired) electrons. The molecule has 1 aliphatic rings. The van der Waals surface area contributed by atoms with Gasteiger partial charge >= 0.3 is 5.97 Å². The van der Waals surface area contributed by atoms with Gasteiger partial charge in [0.15, 0.2) is 0 Å². The van der Waals surface area contributed by atoms with Crippen molar-refractivity contribution in [2.45, 2.75) is 39.2 Å². The van der Waals surface area contributed by atoms with Gasteiger partial charge in [0, 0.05) is 13.0 Å². The summed E-state index contributed by atoms with van der Waals surface area (Å²) in [4.78, 5) is 22.4. The second-order valence-corrected chi connectivity index (χ2v) is 4.57. The van der Waals surface area contributed by atoms with E-state index in [4.69, 9.17) is 4.74 Å². The predicted molar refractivity (Wildman–Crippen MR) is 51.6 cm³/mol. The highest BCUT2D eigenvalue weighted by atomic mass is 16.6. The minimum absolute atomic E-state index is 0.0183. The number of ether oxygens (including phenoxy) is 1. The molecule has 0 unspecified atom stereocenters. The Labute approximate surface area is 84.0 Å². The SMILES string of the molecule is CC(C)(C)OC(=O)[C@H]1CCC(=O)NC1. The van der Waals surface area contributed by atoms with Gasteiger partial charge < -0.3 is 10.1 Å². The van der Waals surface area contributed by atoms with Crippen molar-refractivity contribution in [1.82, 2.24) is 5.32 Å². The molecule has 0 aromatic carbocycles. The van der Waals surface area contributed by atoms with Gasteiger partial charge in [-0.25, -0.2) is 0 Å². The Balaban J connectivity index is 2.42. The second kappa shape index (κ2) is 3.98. The van der Waals surface area contributed by atoms with Gasteiger partial charge in [-0.15, -0.1) is 0 Å². The molecule has 0 bridgehead atoms. The third kappa shape index (κ3) is 3.36. The summed E-state index contributed by atoms with van der Waals surface area (Å²) >= 11 is 0. The highest BCUT2D eigenvalue weighted by Crippen LogP contribution is 2.16. The average molecular weight is 199 g/mol. The number of piperidine rings is 1. The maximum absolute atomic E-state index is 11.5. The summed E-state index contributed by atoms with van der Waals surface area (Å²) in [5.74, 6) is -0.366. The van der Waals surface area contributed by atoms with Crippen LogP contribution < -0.4 is 5.32 Å². The first-order valence-corrected chi connectivity index (χ1v) is 4.88. The van der Waals surface area contributed by atoms with Crippen LogP contribution in [0.15, 0.2) is 0 Å². The lowest BCUT2D eigenvalue weighted by Crippen LogP contribution is -2.40. The molecule has 1 rings (SSSR count). The van der Waals surface area contributed by atoms with Crippen LogP contribution in [0.2, 0.25) is 0 Å². The van der Waals surface area contributed by atoms with E-state index in [-0.39, 0.29) is 17.8 Å². The molecular formula is C10H17NO3. The van der Waals surface area contributed by atoms with Crippen molar-refractivity contribution in [2.24, 2.45) is 5.92 Å². The number of amides is 1. The first kappa shape index (κ1) is 11.0. The van der Waals surface area contributed by atoms with Crippen molar-refractivity contribution in [1.29, 1.82) is 0 Å². The molecule has 0 aromatic rings. The summed E-state index contributed by atoms with van der Waals surface area (Å²) < 4.78 is 5.22. The quantitative estimate of drug-likeness (QED) is 0.637. The molecule has 0 spiro atoms.